The number of benzene rings is 4. The Morgan fingerprint density at radius 1 is 0.689 bits per heavy atom. The van der Waals surface area contributed by atoms with Crippen molar-refractivity contribution in [3.8, 4) is 28.8 Å². The molecule has 0 spiro atoms. The van der Waals surface area contributed by atoms with Gasteiger partial charge in [0.2, 0.25) is 0 Å². The van der Waals surface area contributed by atoms with Gasteiger partial charge in [-0.2, -0.15) is 29.5 Å². The van der Waals surface area contributed by atoms with Gasteiger partial charge in [-0.25, -0.2) is 4.98 Å². The summed E-state index contributed by atoms with van der Waals surface area (Å²) in [5, 5.41) is 14.4. The molecule has 0 aliphatic rings. The molecular weight excluding hydrogens is 734 g/mol. The van der Waals surface area contributed by atoms with Gasteiger partial charge >= 0.3 is 21.1 Å². The number of hydrogen-bond acceptors (Lipinski definition) is 3. The molecule has 0 N–H and O–H groups in total. The van der Waals surface area contributed by atoms with Crippen LogP contribution in [-0.4, -0.2) is 19.1 Å². The van der Waals surface area contributed by atoms with Crippen molar-refractivity contribution in [2.24, 2.45) is 0 Å². The maximum atomic E-state index is 10.8. The minimum absolute atomic E-state index is 0. The molecule has 4 aromatic carbocycles. The van der Waals surface area contributed by atoms with Crippen LogP contribution in [0.3, 0.4) is 0 Å². The van der Waals surface area contributed by atoms with Gasteiger partial charge in [0, 0.05) is 21.5 Å². The molecular formula is C39H27N5Pt. The number of aromatic nitrogens is 4. The molecule has 0 saturated carbocycles. The summed E-state index contributed by atoms with van der Waals surface area (Å²) in [5.41, 5.74) is 7.59. The summed E-state index contributed by atoms with van der Waals surface area (Å²) in [6.07, 6.45) is 0. The van der Waals surface area contributed by atoms with Crippen molar-refractivity contribution in [1.82, 2.24) is 19.1 Å². The first-order chi connectivity index (χ1) is 21.4. The van der Waals surface area contributed by atoms with Crippen molar-refractivity contribution < 1.29 is 21.1 Å². The molecule has 218 valence electrons. The predicted molar refractivity (Wildman–Crippen MR) is 177 cm³/mol. The van der Waals surface area contributed by atoms with Crippen LogP contribution in [0.4, 0.5) is 0 Å². The Kier molecular flexibility index (Phi) is 6.92. The molecule has 0 aliphatic carbocycles. The molecule has 5 nitrogen and oxygen atoms in total. The fraction of sp³-hybridized carbons (Fsp3) is 0.103. The molecule has 4 aromatic heterocycles. The molecule has 0 saturated heterocycles. The Hall–Kier alpha value is -5.04. The Labute approximate surface area is 275 Å². The van der Waals surface area contributed by atoms with Crippen molar-refractivity contribution in [2.75, 3.05) is 0 Å². The molecule has 0 fully saturated rings. The van der Waals surface area contributed by atoms with E-state index in [0.717, 1.165) is 60.9 Å². The summed E-state index contributed by atoms with van der Waals surface area (Å²) in [4.78, 5) is 10.6. The Morgan fingerprint density at radius 3 is 1.89 bits per heavy atom. The summed E-state index contributed by atoms with van der Waals surface area (Å²) in [7, 11) is 0. The predicted octanol–water partition coefficient (Wildman–Crippen LogP) is 9.10. The average molecular weight is 761 g/mol. The second-order valence-electron chi connectivity index (χ2n) is 12.1. The largest absolute Gasteiger partial charge is 2.00 e. The van der Waals surface area contributed by atoms with Gasteiger partial charge in [0.25, 0.3) is 0 Å². The molecule has 8 rings (SSSR count). The average Bonchev–Trinajstić information content (AvgIpc) is 3.56. The van der Waals surface area contributed by atoms with Gasteiger partial charge in [0.05, 0.1) is 16.6 Å². The van der Waals surface area contributed by atoms with Gasteiger partial charge in [-0.05, 0) is 34.9 Å². The van der Waals surface area contributed by atoms with Gasteiger partial charge in [-0.3, -0.25) is 9.55 Å². The van der Waals surface area contributed by atoms with Gasteiger partial charge in [-0.15, -0.1) is 42.0 Å². The quantitative estimate of drug-likeness (QED) is 0.169. The summed E-state index contributed by atoms with van der Waals surface area (Å²) in [6, 6.07) is 45.8. The van der Waals surface area contributed by atoms with E-state index in [9.17, 15) is 5.26 Å². The third kappa shape index (κ3) is 4.48. The second kappa shape index (κ2) is 10.8. The molecule has 6 heteroatoms. The molecule has 45 heavy (non-hydrogen) atoms. The normalized spacial score (nSPS) is 11.7. The maximum Gasteiger partial charge on any atom is 2.00 e. The van der Waals surface area contributed by atoms with E-state index < -0.39 is 0 Å². The van der Waals surface area contributed by atoms with E-state index in [1.165, 1.54) is 0 Å². The summed E-state index contributed by atoms with van der Waals surface area (Å²) < 4.78 is 4.22. The topological polar surface area (TPSA) is 59.4 Å². The van der Waals surface area contributed by atoms with Gasteiger partial charge in [0.15, 0.2) is 5.65 Å². The van der Waals surface area contributed by atoms with E-state index in [4.69, 9.17) is 9.97 Å². The zero-order chi connectivity index (χ0) is 30.0. The molecule has 0 unspecified atom stereocenters. The van der Waals surface area contributed by atoms with E-state index in [0.29, 0.717) is 16.9 Å². The van der Waals surface area contributed by atoms with Crippen LogP contribution in [0.5, 0.6) is 0 Å². The second-order valence-corrected chi connectivity index (χ2v) is 12.1. The van der Waals surface area contributed by atoms with Crippen LogP contribution in [0, 0.1) is 23.5 Å². The van der Waals surface area contributed by atoms with Gasteiger partial charge < -0.3 is 4.57 Å². The number of hydrogen-bond donors (Lipinski definition) is 0. The monoisotopic (exact) mass is 760 g/mol. The van der Waals surface area contributed by atoms with Crippen molar-refractivity contribution >= 4 is 43.9 Å². The van der Waals surface area contributed by atoms with E-state index in [-0.39, 0.29) is 26.5 Å². The summed E-state index contributed by atoms with van der Waals surface area (Å²) in [5.74, 6) is 0.751. The number of para-hydroxylation sites is 3. The van der Waals surface area contributed by atoms with Crippen LogP contribution in [0.25, 0.3) is 66.6 Å². The van der Waals surface area contributed by atoms with Gasteiger partial charge in [0.1, 0.15) is 17.5 Å². The molecule has 0 radical (unpaired) electrons. The van der Waals surface area contributed by atoms with Crippen LogP contribution in [0.15, 0.2) is 109 Å². The fourth-order valence-electron chi connectivity index (χ4n) is 6.25. The van der Waals surface area contributed by atoms with Crippen molar-refractivity contribution in [3.05, 3.63) is 132 Å². The SMILES string of the molecule is CC(C)(C)c1cc(-c2[c-]cccc2)nc(-n2c3ccccc3c3c(C#N)c4c5ccccc5n(-c5[c-]cccc5)c4nc32)c1.[Pt+2]. The van der Waals surface area contributed by atoms with E-state index in [1.807, 2.05) is 72.8 Å². The third-order valence-corrected chi connectivity index (χ3v) is 8.35. The Bertz CT molecular complexity index is 2420. The number of pyridine rings is 2. The molecule has 0 atom stereocenters. The number of nitriles is 1. The van der Waals surface area contributed by atoms with E-state index in [1.54, 1.807) is 0 Å². The molecule has 0 amide bonds. The van der Waals surface area contributed by atoms with Crippen LogP contribution in [-0.2, 0) is 26.5 Å². The van der Waals surface area contributed by atoms with Crippen LogP contribution >= 0.6 is 0 Å². The van der Waals surface area contributed by atoms with Crippen LogP contribution in [0.1, 0.15) is 31.9 Å². The van der Waals surface area contributed by atoms with Crippen molar-refractivity contribution in [2.45, 2.75) is 26.2 Å². The minimum atomic E-state index is -0.131. The van der Waals surface area contributed by atoms with Crippen LogP contribution in [0.2, 0.25) is 0 Å². The standard InChI is InChI=1S/C39H27N5.Pt/c1-39(2,3)26-22-31(25-14-6-4-7-15-25)41-34(23-26)44-33-21-13-11-19-29(33)36-30(24-40)35-28-18-10-12-20-32(28)43(37(35)42-38(36)44)27-16-8-5-9-17-27;/h4-14,16,18-23H,1-3H3;/q-2;+2. The van der Waals surface area contributed by atoms with Crippen LogP contribution < -0.4 is 0 Å². The first-order valence-corrected chi connectivity index (χ1v) is 14.7. The van der Waals surface area contributed by atoms with Crippen molar-refractivity contribution in [1.29, 1.82) is 5.26 Å². The first-order valence-electron chi connectivity index (χ1n) is 14.7. The molecule has 8 aromatic rings. The van der Waals surface area contributed by atoms with Gasteiger partial charge in [-0.1, -0.05) is 68.9 Å². The number of rotatable bonds is 3. The van der Waals surface area contributed by atoms with E-state index >= 15 is 0 Å². The maximum absolute atomic E-state index is 10.8. The zero-order valence-electron chi connectivity index (χ0n) is 24.9. The van der Waals surface area contributed by atoms with Crippen molar-refractivity contribution in [3.63, 3.8) is 0 Å². The number of nitrogens with zero attached hydrogens (tertiary/aromatic N) is 5. The Morgan fingerprint density at radius 2 is 1.29 bits per heavy atom. The summed E-state index contributed by atoms with van der Waals surface area (Å²) >= 11 is 0. The van der Waals surface area contributed by atoms with E-state index in [2.05, 4.69) is 84.5 Å². The minimum Gasteiger partial charge on any atom is -0.318 e. The molecule has 0 aliphatic heterocycles. The third-order valence-electron chi connectivity index (χ3n) is 8.35. The fourth-order valence-corrected chi connectivity index (χ4v) is 6.25. The zero-order valence-corrected chi connectivity index (χ0v) is 27.2. The Balaban J connectivity index is 0.00000325. The summed E-state index contributed by atoms with van der Waals surface area (Å²) in [6.45, 7) is 6.63. The number of fused-ring (bicyclic) bond motifs is 6. The smallest absolute Gasteiger partial charge is 0.318 e. The molecule has 0 bridgehead atoms. The first kappa shape index (κ1) is 28.7. The molecule has 4 heterocycles.